The molecule has 0 aliphatic carbocycles. The predicted octanol–water partition coefficient (Wildman–Crippen LogP) is 2.97. The van der Waals surface area contributed by atoms with Gasteiger partial charge in [-0.2, -0.15) is 5.10 Å². The Bertz CT molecular complexity index is 630. The first-order valence-corrected chi connectivity index (χ1v) is 6.92. The largest absolute Gasteiger partial charge is 0.481 e. The summed E-state index contributed by atoms with van der Waals surface area (Å²) in [5.74, 6) is -0.481. The topological polar surface area (TPSA) is 68.0 Å². The first-order valence-electron chi connectivity index (χ1n) is 5.18. The van der Waals surface area contributed by atoms with E-state index in [1.165, 1.54) is 4.68 Å². The molecule has 100 valence electrons. The summed E-state index contributed by atoms with van der Waals surface area (Å²) < 4.78 is 1.53. The fraction of sp³-hybridized carbons (Fsp3) is 0.182. The fourth-order valence-corrected chi connectivity index (χ4v) is 2.31. The third-order valence-corrected chi connectivity index (χ3v) is 3.97. The molecule has 0 aliphatic rings. The average Bonchev–Trinajstić information content (AvgIpc) is 2.71. The molecule has 0 fully saturated rings. The van der Waals surface area contributed by atoms with Gasteiger partial charge in [0.1, 0.15) is 0 Å². The number of halogens is 2. The maximum atomic E-state index is 10.5. The minimum Gasteiger partial charge on any atom is -0.481 e. The number of rotatable bonds is 4. The number of thioether (sulfide) groups is 1. The number of aliphatic carboxylic acids is 1. The Hall–Kier alpha value is -1.24. The van der Waals surface area contributed by atoms with Gasteiger partial charge in [-0.15, -0.1) is 0 Å². The van der Waals surface area contributed by atoms with E-state index >= 15 is 0 Å². The lowest BCUT2D eigenvalue weighted by atomic mass is 10.2. The van der Waals surface area contributed by atoms with E-state index in [-0.39, 0.29) is 5.75 Å². The molecule has 0 atom stereocenters. The zero-order valence-corrected chi connectivity index (χ0v) is 12.1. The van der Waals surface area contributed by atoms with Gasteiger partial charge in [0.25, 0.3) is 0 Å². The number of aromatic nitrogens is 3. The van der Waals surface area contributed by atoms with Crippen molar-refractivity contribution in [1.29, 1.82) is 0 Å². The van der Waals surface area contributed by atoms with Crippen molar-refractivity contribution >= 4 is 40.9 Å². The molecule has 0 bridgehead atoms. The first-order chi connectivity index (χ1) is 8.97. The number of hydrogen-bond acceptors (Lipinski definition) is 4. The van der Waals surface area contributed by atoms with E-state index in [4.69, 9.17) is 28.3 Å². The number of carboxylic acid groups (broad SMARTS) is 1. The number of nitrogens with zero attached hydrogens (tertiary/aromatic N) is 3. The highest BCUT2D eigenvalue weighted by molar-refractivity contribution is 7.99. The van der Waals surface area contributed by atoms with Crippen LogP contribution in [0, 0.1) is 0 Å². The molecule has 0 aliphatic heterocycles. The summed E-state index contributed by atoms with van der Waals surface area (Å²) in [4.78, 5) is 14.8. The van der Waals surface area contributed by atoms with E-state index < -0.39 is 5.97 Å². The maximum absolute atomic E-state index is 10.5. The second kappa shape index (κ2) is 5.81. The van der Waals surface area contributed by atoms with E-state index in [2.05, 4.69) is 10.1 Å². The molecular formula is C11H9Cl2N3O2S. The van der Waals surface area contributed by atoms with Crippen molar-refractivity contribution in [1.82, 2.24) is 14.8 Å². The first kappa shape index (κ1) is 14.2. The van der Waals surface area contributed by atoms with Crippen LogP contribution in [0.1, 0.15) is 0 Å². The zero-order valence-electron chi connectivity index (χ0n) is 9.80. The van der Waals surface area contributed by atoms with Crippen molar-refractivity contribution in [2.24, 2.45) is 7.05 Å². The number of benzene rings is 1. The minimum absolute atomic E-state index is 0.0622. The molecule has 5 nitrogen and oxygen atoms in total. The molecule has 2 rings (SSSR count). The maximum Gasteiger partial charge on any atom is 0.313 e. The Balaban J connectivity index is 2.28. The molecule has 0 amide bonds. The summed E-state index contributed by atoms with van der Waals surface area (Å²) in [5, 5.41) is 14.3. The average molecular weight is 318 g/mol. The van der Waals surface area contributed by atoms with Crippen molar-refractivity contribution in [3.63, 3.8) is 0 Å². The Morgan fingerprint density at radius 2 is 2.16 bits per heavy atom. The van der Waals surface area contributed by atoms with Crippen LogP contribution >= 0.6 is 35.0 Å². The minimum atomic E-state index is -0.899. The van der Waals surface area contributed by atoms with Crippen molar-refractivity contribution in [3.05, 3.63) is 28.2 Å². The van der Waals surface area contributed by atoms with E-state index in [0.29, 0.717) is 21.0 Å². The highest BCUT2D eigenvalue weighted by atomic mass is 35.5. The van der Waals surface area contributed by atoms with Crippen LogP contribution in [0.25, 0.3) is 11.4 Å². The van der Waals surface area contributed by atoms with Gasteiger partial charge in [0.05, 0.1) is 15.8 Å². The lowest BCUT2D eigenvalue weighted by molar-refractivity contribution is -0.133. The van der Waals surface area contributed by atoms with Crippen molar-refractivity contribution in [2.75, 3.05) is 5.75 Å². The van der Waals surface area contributed by atoms with Gasteiger partial charge >= 0.3 is 5.97 Å². The second-order valence-corrected chi connectivity index (χ2v) is 5.41. The smallest absolute Gasteiger partial charge is 0.313 e. The van der Waals surface area contributed by atoms with Gasteiger partial charge in [0, 0.05) is 12.6 Å². The Kier molecular flexibility index (Phi) is 4.34. The Morgan fingerprint density at radius 1 is 1.42 bits per heavy atom. The number of aryl methyl sites for hydroxylation is 1. The molecule has 0 saturated heterocycles. The zero-order chi connectivity index (χ0) is 14.0. The summed E-state index contributed by atoms with van der Waals surface area (Å²) in [6, 6.07) is 5.10. The van der Waals surface area contributed by atoms with Crippen LogP contribution in [0.5, 0.6) is 0 Å². The van der Waals surface area contributed by atoms with Crippen LogP contribution in [0.2, 0.25) is 10.0 Å². The van der Waals surface area contributed by atoms with Gasteiger partial charge in [-0.3, -0.25) is 4.79 Å². The van der Waals surface area contributed by atoms with Crippen LogP contribution in [0.4, 0.5) is 0 Å². The highest BCUT2D eigenvalue weighted by Crippen LogP contribution is 2.28. The summed E-state index contributed by atoms with van der Waals surface area (Å²) in [7, 11) is 1.71. The van der Waals surface area contributed by atoms with Crippen molar-refractivity contribution in [2.45, 2.75) is 5.16 Å². The fourth-order valence-electron chi connectivity index (χ4n) is 1.38. The monoisotopic (exact) mass is 317 g/mol. The van der Waals surface area contributed by atoms with Crippen molar-refractivity contribution in [3.8, 4) is 11.4 Å². The van der Waals surface area contributed by atoms with Crippen molar-refractivity contribution < 1.29 is 9.90 Å². The third kappa shape index (κ3) is 3.40. The van der Waals surface area contributed by atoms with Gasteiger partial charge in [-0.25, -0.2) is 9.67 Å². The lowest BCUT2D eigenvalue weighted by Crippen LogP contribution is -2.00. The Labute approximate surface area is 123 Å². The summed E-state index contributed by atoms with van der Waals surface area (Å²) >= 11 is 12.9. The molecule has 1 heterocycles. The van der Waals surface area contributed by atoms with Gasteiger partial charge < -0.3 is 5.11 Å². The lowest BCUT2D eigenvalue weighted by Gasteiger charge is -1.97. The van der Waals surface area contributed by atoms with E-state index in [9.17, 15) is 4.79 Å². The van der Waals surface area contributed by atoms with Crippen LogP contribution in [0.15, 0.2) is 23.4 Å². The van der Waals surface area contributed by atoms with Crippen LogP contribution in [-0.4, -0.2) is 31.6 Å². The molecule has 1 aromatic heterocycles. The molecule has 2 aromatic rings. The normalized spacial score (nSPS) is 10.7. The Morgan fingerprint density at radius 3 is 2.79 bits per heavy atom. The predicted molar refractivity (Wildman–Crippen MR) is 74.8 cm³/mol. The molecular weight excluding hydrogens is 309 g/mol. The van der Waals surface area contributed by atoms with E-state index in [1.807, 2.05) is 0 Å². The van der Waals surface area contributed by atoms with E-state index in [0.717, 1.165) is 17.3 Å². The van der Waals surface area contributed by atoms with Crippen LogP contribution < -0.4 is 0 Å². The molecule has 19 heavy (non-hydrogen) atoms. The van der Waals surface area contributed by atoms with Crippen LogP contribution in [0.3, 0.4) is 0 Å². The summed E-state index contributed by atoms with van der Waals surface area (Å²) in [5.41, 5.74) is 0.729. The van der Waals surface area contributed by atoms with Gasteiger partial charge in [-0.05, 0) is 18.2 Å². The quantitative estimate of drug-likeness (QED) is 0.878. The molecule has 0 unspecified atom stereocenters. The van der Waals surface area contributed by atoms with Gasteiger partial charge in [0.15, 0.2) is 11.0 Å². The number of carbonyl (C=O) groups is 1. The van der Waals surface area contributed by atoms with E-state index in [1.54, 1.807) is 25.2 Å². The molecule has 8 heteroatoms. The SMILES string of the molecule is Cn1nc(-c2ccc(Cl)c(Cl)c2)nc1SCC(=O)O. The summed E-state index contributed by atoms with van der Waals surface area (Å²) in [6.07, 6.45) is 0. The second-order valence-electron chi connectivity index (χ2n) is 3.65. The highest BCUT2D eigenvalue weighted by Gasteiger charge is 2.12. The van der Waals surface area contributed by atoms with Crippen LogP contribution in [-0.2, 0) is 11.8 Å². The van der Waals surface area contributed by atoms with Gasteiger partial charge in [-0.1, -0.05) is 35.0 Å². The molecule has 1 N–H and O–H groups in total. The number of carboxylic acids is 1. The van der Waals surface area contributed by atoms with Gasteiger partial charge in [0.2, 0.25) is 0 Å². The third-order valence-electron chi connectivity index (χ3n) is 2.23. The number of hydrogen-bond donors (Lipinski definition) is 1. The molecule has 0 spiro atoms. The molecule has 0 saturated carbocycles. The molecule has 1 aromatic carbocycles. The summed E-state index contributed by atoms with van der Waals surface area (Å²) in [6.45, 7) is 0. The molecule has 0 radical (unpaired) electrons. The standard InChI is InChI=1S/C11H9Cl2N3O2S/c1-16-11(19-5-9(17)18)14-10(15-16)6-2-3-7(12)8(13)4-6/h2-4H,5H2,1H3,(H,17,18).